The number of ether oxygens (including phenoxy) is 2. The summed E-state index contributed by atoms with van der Waals surface area (Å²) in [5.74, 6) is -2.00. The van der Waals surface area contributed by atoms with Gasteiger partial charge in [0.25, 0.3) is 5.91 Å². The van der Waals surface area contributed by atoms with Gasteiger partial charge in [-0.1, -0.05) is 11.6 Å². The maximum Gasteiger partial charge on any atom is 0.404 e. The number of ketones is 2. The number of nitrogens with two attached hydrogens (primary N) is 2. The van der Waals surface area contributed by atoms with Crippen molar-refractivity contribution in [3.8, 4) is 0 Å². The van der Waals surface area contributed by atoms with Gasteiger partial charge in [-0.3, -0.25) is 14.4 Å². The van der Waals surface area contributed by atoms with Crippen LogP contribution in [0.5, 0.6) is 0 Å². The molecule has 10 nitrogen and oxygen atoms in total. The van der Waals surface area contributed by atoms with E-state index in [0.29, 0.717) is 10.6 Å². The molecule has 4 aliphatic rings. The van der Waals surface area contributed by atoms with E-state index in [-0.39, 0.29) is 53.4 Å². The van der Waals surface area contributed by atoms with Gasteiger partial charge >= 0.3 is 6.09 Å². The van der Waals surface area contributed by atoms with E-state index in [1.807, 2.05) is 0 Å². The fraction of sp³-hybridized carbons (Fsp3) is 0.364. The number of rotatable bonds is 4. The molecule has 2 amide bonds. The number of carbonyl (C=O) groups is 4. The van der Waals surface area contributed by atoms with Crippen molar-refractivity contribution in [2.45, 2.75) is 24.7 Å². The number of nitrogens with zero attached hydrogens (tertiary/aromatic N) is 2. The Hall–Kier alpha value is -3.37. The molecule has 33 heavy (non-hydrogen) atoms. The van der Waals surface area contributed by atoms with Crippen molar-refractivity contribution >= 4 is 35.2 Å². The molecule has 2 unspecified atom stereocenters. The highest BCUT2D eigenvalue weighted by Crippen LogP contribution is 2.60. The number of Topliss-reactive ketones (excluding diaryl/α,β-unsaturated/α-hetero) is 2. The first-order valence-corrected chi connectivity index (χ1v) is 10.7. The van der Waals surface area contributed by atoms with E-state index >= 15 is 0 Å². The Labute approximate surface area is 193 Å². The second-order valence-corrected chi connectivity index (χ2v) is 8.88. The molecule has 3 aliphatic heterocycles. The molecule has 2 fully saturated rings. The number of methoxy groups -OCH3 is 1. The SMILES string of the molecule is CO[C@]12C3C(CN1C1=C(C(=O)C(N)=C(C)C1=O)[C@H]2COC(N)=O)N3C(=O)c1ccc(Cl)cc1. The Bertz CT molecular complexity index is 1190. The average Bonchev–Trinajstić information content (AvgIpc) is 3.29. The number of hydrogen-bond acceptors (Lipinski definition) is 8. The Morgan fingerprint density at radius 2 is 1.88 bits per heavy atom. The first kappa shape index (κ1) is 21.5. The zero-order valence-electron chi connectivity index (χ0n) is 17.8. The summed E-state index contributed by atoms with van der Waals surface area (Å²) in [5.41, 5.74) is 10.6. The lowest BCUT2D eigenvalue weighted by atomic mass is 9.82. The highest BCUT2D eigenvalue weighted by molar-refractivity contribution is 6.30. The predicted molar refractivity (Wildman–Crippen MR) is 115 cm³/mol. The molecule has 1 aromatic carbocycles. The highest BCUT2D eigenvalue weighted by atomic mass is 35.5. The average molecular weight is 473 g/mol. The van der Waals surface area contributed by atoms with Gasteiger partial charge in [0.2, 0.25) is 11.6 Å². The number of benzene rings is 1. The third-order valence-electron chi connectivity index (χ3n) is 7.01. The summed E-state index contributed by atoms with van der Waals surface area (Å²) >= 11 is 5.94. The van der Waals surface area contributed by atoms with Gasteiger partial charge in [-0.25, -0.2) is 4.79 Å². The maximum atomic E-state index is 13.2. The zero-order valence-corrected chi connectivity index (χ0v) is 18.6. The fourth-order valence-electron chi connectivity index (χ4n) is 5.50. The summed E-state index contributed by atoms with van der Waals surface area (Å²) < 4.78 is 11.1. The maximum absolute atomic E-state index is 13.2. The van der Waals surface area contributed by atoms with E-state index in [2.05, 4.69) is 0 Å². The van der Waals surface area contributed by atoms with Crippen LogP contribution in [0.4, 0.5) is 4.79 Å². The Morgan fingerprint density at radius 1 is 1.21 bits per heavy atom. The molecule has 5 rings (SSSR count). The van der Waals surface area contributed by atoms with E-state index < -0.39 is 29.6 Å². The molecule has 172 valence electrons. The van der Waals surface area contributed by atoms with Crippen LogP contribution in [0.1, 0.15) is 17.3 Å². The molecule has 0 saturated carbocycles. The minimum atomic E-state index is -1.29. The number of piperazine rings is 1. The summed E-state index contributed by atoms with van der Waals surface area (Å²) in [5, 5.41) is 0.505. The number of amides is 2. The predicted octanol–water partition coefficient (Wildman–Crippen LogP) is 0.555. The van der Waals surface area contributed by atoms with Gasteiger partial charge in [-0.2, -0.15) is 0 Å². The first-order valence-electron chi connectivity index (χ1n) is 10.3. The highest BCUT2D eigenvalue weighted by Gasteiger charge is 2.77. The van der Waals surface area contributed by atoms with Crippen LogP contribution in [0.2, 0.25) is 5.02 Å². The molecule has 0 spiro atoms. The van der Waals surface area contributed by atoms with Crippen LogP contribution < -0.4 is 11.5 Å². The van der Waals surface area contributed by atoms with Crippen LogP contribution in [-0.2, 0) is 19.1 Å². The smallest absolute Gasteiger partial charge is 0.404 e. The molecule has 0 bridgehead atoms. The molecule has 11 heteroatoms. The van der Waals surface area contributed by atoms with Crippen molar-refractivity contribution in [3.63, 3.8) is 0 Å². The Kier molecular flexibility index (Phi) is 4.60. The quantitative estimate of drug-likeness (QED) is 0.477. The van der Waals surface area contributed by atoms with Crippen molar-refractivity contribution in [1.82, 2.24) is 9.80 Å². The fourth-order valence-corrected chi connectivity index (χ4v) is 5.62. The number of carbonyl (C=O) groups excluding carboxylic acids is 4. The molecule has 1 aromatic rings. The molecule has 2 saturated heterocycles. The molecule has 4 N–H and O–H groups in total. The molecular formula is C22H21ClN4O6. The van der Waals surface area contributed by atoms with E-state index in [0.717, 1.165) is 0 Å². The van der Waals surface area contributed by atoms with Crippen LogP contribution in [0.25, 0.3) is 0 Å². The van der Waals surface area contributed by atoms with Crippen molar-refractivity contribution in [2.75, 3.05) is 20.3 Å². The van der Waals surface area contributed by atoms with Gasteiger partial charge in [0.15, 0.2) is 5.72 Å². The summed E-state index contributed by atoms with van der Waals surface area (Å²) in [6.45, 7) is 1.46. The van der Waals surface area contributed by atoms with Crippen LogP contribution >= 0.6 is 11.6 Å². The summed E-state index contributed by atoms with van der Waals surface area (Å²) in [6, 6.07) is 5.76. The van der Waals surface area contributed by atoms with Crippen molar-refractivity contribution in [1.29, 1.82) is 0 Å². The number of hydrogen-bond donors (Lipinski definition) is 2. The van der Waals surface area contributed by atoms with Gasteiger partial charge in [0.05, 0.1) is 23.4 Å². The Balaban J connectivity index is 1.56. The molecular weight excluding hydrogens is 452 g/mol. The molecule has 0 radical (unpaired) electrons. The first-order chi connectivity index (χ1) is 15.6. The largest absolute Gasteiger partial charge is 0.449 e. The van der Waals surface area contributed by atoms with Crippen LogP contribution in [0.15, 0.2) is 46.8 Å². The van der Waals surface area contributed by atoms with Gasteiger partial charge in [-0.05, 0) is 31.2 Å². The van der Waals surface area contributed by atoms with Crippen molar-refractivity contribution < 1.29 is 28.7 Å². The number of halogens is 1. The van der Waals surface area contributed by atoms with Crippen LogP contribution in [0.3, 0.4) is 0 Å². The van der Waals surface area contributed by atoms with E-state index in [1.54, 1.807) is 34.1 Å². The number of allylic oxidation sites excluding steroid dienone is 2. The zero-order chi connectivity index (χ0) is 23.8. The van der Waals surface area contributed by atoms with Gasteiger partial charge in [0, 0.05) is 35.4 Å². The standard InChI is InChI=1S/C22H21ClN4O6/c1-9-15(24)18(29)14-12(8-33-21(25)31)22(32-2)19-13(7-26(22)16(14)17(9)28)27(19)20(30)10-3-5-11(23)6-4-10/h3-6,12-13,19H,7-8,24H2,1-2H3,(H2,25,31)/t12-,13?,19?,22-,27?/m1/s1. The van der Waals surface area contributed by atoms with Crippen molar-refractivity contribution in [3.05, 3.63) is 57.4 Å². The second-order valence-electron chi connectivity index (χ2n) is 8.44. The molecule has 4 atom stereocenters. The molecule has 1 aliphatic carbocycles. The Morgan fingerprint density at radius 3 is 2.48 bits per heavy atom. The van der Waals surface area contributed by atoms with E-state index in [9.17, 15) is 19.2 Å². The third kappa shape index (κ3) is 2.71. The molecule has 3 heterocycles. The number of fused-ring (bicyclic) bond motifs is 4. The lowest BCUT2D eigenvalue weighted by Crippen LogP contribution is -2.56. The minimum Gasteiger partial charge on any atom is -0.449 e. The lowest BCUT2D eigenvalue weighted by Gasteiger charge is -2.41. The van der Waals surface area contributed by atoms with E-state index in [1.165, 1.54) is 14.0 Å². The van der Waals surface area contributed by atoms with Crippen molar-refractivity contribution in [2.24, 2.45) is 17.4 Å². The topological polar surface area (TPSA) is 145 Å². The summed E-state index contributed by atoms with van der Waals surface area (Å²) in [7, 11) is 1.44. The second kappa shape index (κ2) is 7.06. The summed E-state index contributed by atoms with van der Waals surface area (Å²) in [6.07, 6.45) is -1.03. The monoisotopic (exact) mass is 472 g/mol. The van der Waals surface area contributed by atoms with Crippen LogP contribution in [-0.4, -0.2) is 71.4 Å². The normalized spacial score (nSPS) is 29.8. The summed E-state index contributed by atoms with van der Waals surface area (Å²) in [4.78, 5) is 54.3. The van der Waals surface area contributed by atoms with Crippen LogP contribution in [0, 0.1) is 5.92 Å². The van der Waals surface area contributed by atoms with Gasteiger partial charge in [0.1, 0.15) is 12.6 Å². The molecule has 0 aromatic heterocycles. The lowest BCUT2D eigenvalue weighted by molar-refractivity contribution is -0.143. The number of primary amides is 1. The third-order valence-corrected chi connectivity index (χ3v) is 7.27. The minimum absolute atomic E-state index is 0.121. The van der Waals surface area contributed by atoms with Gasteiger partial charge < -0.3 is 30.7 Å². The van der Waals surface area contributed by atoms with Gasteiger partial charge in [-0.15, -0.1) is 0 Å². The van der Waals surface area contributed by atoms with E-state index in [4.69, 9.17) is 32.5 Å².